The van der Waals surface area contributed by atoms with E-state index in [2.05, 4.69) is 0 Å². The highest BCUT2D eigenvalue weighted by molar-refractivity contribution is 5.74. The summed E-state index contributed by atoms with van der Waals surface area (Å²) >= 11 is 0. The normalized spacial score (nSPS) is 51.1. The zero-order valence-electron chi connectivity index (χ0n) is 8.28. The highest BCUT2D eigenvalue weighted by Gasteiger charge is 2.59. The van der Waals surface area contributed by atoms with Gasteiger partial charge in [0.1, 0.15) is 6.04 Å². The van der Waals surface area contributed by atoms with Crippen LogP contribution in [0.4, 0.5) is 0 Å². The zero-order valence-corrected chi connectivity index (χ0v) is 8.28. The molecule has 3 N–H and O–H groups in total. The van der Waals surface area contributed by atoms with Gasteiger partial charge in [0.25, 0.3) is 0 Å². The number of carbonyl (C=O) groups is 1. The summed E-state index contributed by atoms with van der Waals surface area (Å²) in [6.07, 6.45) is 5.94. The summed E-state index contributed by atoms with van der Waals surface area (Å²) < 4.78 is 0. The van der Waals surface area contributed by atoms with Crippen LogP contribution in [0.2, 0.25) is 0 Å². The van der Waals surface area contributed by atoms with Crippen LogP contribution >= 0.6 is 0 Å². The number of nitrogens with two attached hydrogens (primary N) is 1. The van der Waals surface area contributed by atoms with Crippen molar-refractivity contribution >= 4 is 5.97 Å². The van der Waals surface area contributed by atoms with Crippen LogP contribution in [-0.4, -0.2) is 17.1 Å². The summed E-state index contributed by atoms with van der Waals surface area (Å²) in [5.74, 6) is 1.60. The fourth-order valence-electron chi connectivity index (χ4n) is 4.52. The Morgan fingerprint density at radius 2 is 1.86 bits per heavy atom. The Morgan fingerprint density at radius 1 is 1.29 bits per heavy atom. The standard InChI is InChI=1S/C11H17NO2/c12-9(10(13)14)11-3-6-1-7(4-11)8(2-6)5-11/h6-9H,1-5,12H2,(H,13,14)/t6?,7?,8?,9-,11?/m1/s1. The van der Waals surface area contributed by atoms with Gasteiger partial charge in [-0.3, -0.25) is 4.79 Å². The molecule has 3 atom stereocenters. The molecule has 0 amide bonds. The quantitative estimate of drug-likeness (QED) is 0.696. The van der Waals surface area contributed by atoms with Crippen molar-refractivity contribution in [1.29, 1.82) is 0 Å². The molecule has 14 heavy (non-hydrogen) atoms. The summed E-state index contributed by atoms with van der Waals surface area (Å²) in [7, 11) is 0. The Hall–Kier alpha value is -0.570. The van der Waals surface area contributed by atoms with Gasteiger partial charge in [-0.15, -0.1) is 0 Å². The number of aliphatic carboxylic acids is 1. The Bertz CT molecular complexity index is 270. The molecule has 4 fully saturated rings. The van der Waals surface area contributed by atoms with E-state index in [9.17, 15) is 4.79 Å². The Morgan fingerprint density at radius 3 is 2.29 bits per heavy atom. The fraction of sp³-hybridized carbons (Fsp3) is 0.909. The summed E-state index contributed by atoms with van der Waals surface area (Å²) in [5.41, 5.74) is 5.82. The van der Waals surface area contributed by atoms with Crippen molar-refractivity contribution in [3.05, 3.63) is 0 Å². The SMILES string of the molecule is N[C@H](C(=O)O)C12CC3CC(C1)C(C3)C2. The first-order valence-electron chi connectivity index (χ1n) is 5.59. The second kappa shape index (κ2) is 2.51. The molecule has 0 aromatic heterocycles. The van der Waals surface area contributed by atoms with Crippen LogP contribution < -0.4 is 5.73 Å². The van der Waals surface area contributed by atoms with Gasteiger partial charge in [-0.2, -0.15) is 0 Å². The molecule has 0 saturated heterocycles. The van der Waals surface area contributed by atoms with E-state index in [4.69, 9.17) is 10.8 Å². The molecule has 4 aliphatic rings. The summed E-state index contributed by atoms with van der Waals surface area (Å²) in [6, 6.07) is -0.613. The smallest absolute Gasteiger partial charge is 0.321 e. The van der Waals surface area contributed by atoms with Gasteiger partial charge in [0, 0.05) is 0 Å². The minimum Gasteiger partial charge on any atom is -0.480 e. The highest BCUT2D eigenvalue weighted by atomic mass is 16.4. The predicted molar refractivity (Wildman–Crippen MR) is 51.6 cm³/mol. The van der Waals surface area contributed by atoms with Crippen LogP contribution in [0.25, 0.3) is 0 Å². The van der Waals surface area contributed by atoms with E-state index < -0.39 is 12.0 Å². The van der Waals surface area contributed by atoms with Gasteiger partial charge < -0.3 is 10.8 Å². The molecule has 4 saturated carbocycles. The molecule has 0 aromatic carbocycles. The third kappa shape index (κ3) is 0.937. The monoisotopic (exact) mass is 195 g/mol. The molecular formula is C11H17NO2. The van der Waals surface area contributed by atoms with E-state index in [1.165, 1.54) is 12.8 Å². The third-order valence-electron chi connectivity index (χ3n) is 4.90. The van der Waals surface area contributed by atoms with Crippen LogP contribution in [0.15, 0.2) is 0 Å². The number of carboxylic acids is 1. The van der Waals surface area contributed by atoms with Crippen LogP contribution in [0.1, 0.15) is 32.1 Å². The minimum atomic E-state index is -0.799. The van der Waals surface area contributed by atoms with Crippen molar-refractivity contribution in [3.8, 4) is 0 Å². The van der Waals surface area contributed by atoms with E-state index in [1.54, 1.807) is 0 Å². The lowest BCUT2D eigenvalue weighted by Gasteiger charge is -2.40. The minimum absolute atomic E-state index is 0.0255. The molecule has 2 unspecified atom stereocenters. The maximum atomic E-state index is 11.0. The highest BCUT2D eigenvalue weighted by Crippen LogP contribution is 2.65. The second-order valence-electron chi connectivity index (χ2n) is 5.65. The van der Waals surface area contributed by atoms with Gasteiger partial charge in [-0.05, 0) is 55.3 Å². The number of rotatable bonds is 2. The van der Waals surface area contributed by atoms with Crippen LogP contribution in [0.5, 0.6) is 0 Å². The van der Waals surface area contributed by atoms with E-state index in [-0.39, 0.29) is 5.41 Å². The molecule has 0 aromatic rings. The molecule has 3 nitrogen and oxygen atoms in total. The first-order chi connectivity index (χ1) is 6.61. The van der Waals surface area contributed by atoms with Crippen molar-refractivity contribution in [3.63, 3.8) is 0 Å². The predicted octanol–water partition coefficient (Wildman–Crippen LogP) is 1.22. The maximum absolute atomic E-state index is 11.0. The average Bonchev–Trinajstić information content (AvgIpc) is 2.53. The lowest BCUT2D eigenvalue weighted by atomic mass is 9.65. The van der Waals surface area contributed by atoms with Crippen molar-refractivity contribution in [1.82, 2.24) is 0 Å². The molecule has 0 spiro atoms. The van der Waals surface area contributed by atoms with Gasteiger partial charge in [0.05, 0.1) is 0 Å². The summed E-state index contributed by atoms with van der Waals surface area (Å²) in [6.45, 7) is 0. The molecule has 0 heterocycles. The average molecular weight is 195 g/mol. The van der Waals surface area contributed by atoms with E-state index in [0.717, 1.165) is 37.0 Å². The number of carboxylic acid groups (broad SMARTS) is 1. The van der Waals surface area contributed by atoms with E-state index >= 15 is 0 Å². The summed E-state index contributed by atoms with van der Waals surface area (Å²) in [5, 5.41) is 9.03. The first-order valence-corrected chi connectivity index (χ1v) is 5.59. The Kier molecular flexibility index (Phi) is 1.56. The third-order valence-corrected chi connectivity index (χ3v) is 4.90. The Labute approximate surface area is 83.7 Å². The van der Waals surface area contributed by atoms with Gasteiger partial charge in [0.2, 0.25) is 0 Å². The van der Waals surface area contributed by atoms with Crippen molar-refractivity contribution in [2.75, 3.05) is 0 Å². The van der Waals surface area contributed by atoms with Gasteiger partial charge >= 0.3 is 5.97 Å². The second-order valence-corrected chi connectivity index (χ2v) is 5.65. The van der Waals surface area contributed by atoms with Gasteiger partial charge in [-0.25, -0.2) is 0 Å². The fourth-order valence-corrected chi connectivity index (χ4v) is 4.52. The molecule has 4 rings (SSSR count). The summed E-state index contributed by atoms with van der Waals surface area (Å²) in [4.78, 5) is 11.0. The van der Waals surface area contributed by atoms with E-state index in [0.29, 0.717) is 0 Å². The molecule has 0 aliphatic heterocycles. The molecule has 4 bridgehead atoms. The van der Waals surface area contributed by atoms with Crippen molar-refractivity contribution < 1.29 is 9.90 Å². The molecular weight excluding hydrogens is 178 g/mol. The molecule has 4 aliphatic carbocycles. The van der Waals surface area contributed by atoms with Gasteiger partial charge in [-0.1, -0.05) is 0 Å². The molecule has 78 valence electrons. The topological polar surface area (TPSA) is 63.3 Å². The zero-order chi connectivity index (χ0) is 9.92. The lowest BCUT2D eigenvalue weighted by Crippen LogP contribution is -2.49. The lowest BCUT2D eigenvalue weighted by molar-refractivity contribution is -0.143. The molecule has 0 radical (unpaired) electrons. The van der Waals surface area contributed by atoms with Crippen molar-refractivity contribution in [2.24, 2.45) is 28.9 Å². The van der Waals surface area contributed by atoms with Crippen LogP contribution in [-0.2, 0) is 4.79 Å². The Balaban J connectivity index is 1.89. The van der Waals surface area contributed by atoms with Crippen molar-refractivity contribution in [2.45, 2.75) is 38.1 Å². The molecule has 3 heteroatoms. The number of hydrogen-bond acceptors (Lipinski definition) is 2. The largest absolute Gasteiger partial charge is 0.480 e. The van der Waals surface area contributed by atoms with E-state index in [1.807, 2.05) is 0 Å². The van der Waals surface area contributed by atoms with Crippen LogP contribution in [0.3, 0.4) is 0 Å². The maximum Gasteiger partial charge on any atom is 0.321 e. The van der Waals surface area contributed by atoms with Gasteiger partial charge in [0.15, 0.2) is 0 Å². The first kappa shape index (κ1) is 8.72. The number of hydrogen-bond donors (Lipinski definition) is 2. The van der Waals surface area contributed by atoms with Crippen LogP contribution in [0, 0.1) is 23.2 Å².